The van der Waals surface area contributed by atoms with Crippen LogP contribution in [0.5, 0.6) is 11.6 Å². The maximum Gasteiger partial charge on any atom is 0.303 e. The molecule has 140 valence electrons. The zero-order chi connectivity index (χ0) is 19.1. The van der Waals surface area contributed by atoms with Crippen molar-refractivity contribution in [2.75, 3.05) is 6.61 Å². The van der Waals surface area contributed by atoms with Crippen molar-refractivity contribution in [1.82, 2.24) is 4.98 Å². The number of pyridine rings is 1. The molecule has 0 radical (unpaired) electrons. The molecule has 0 atom stereocenters. The van der Waals surface area contributed by atoms with Crippen LogP contribution in [-0.4, -0.2) is 28.8 Å². The second-order valence-electron chi connectivity index (χ2n) is 5.99. The number of rotatable bonds is 9. The summed E-state index contributed by atoms with van der Waals surface area (Å²) in [7, 11) is 0. The summed E-state index contributed by atoms with van der Waals surface area (Å²) in [5, 5.41) is 8.56. The molecule has 7 heteroatoms. The highest BCUT2D eigenvalue weighted by atomic mass is 19.1. The van der Waals surface area contributed by atoms with Crippen LogP contribution in [0.3, 0.4) is 0 Å². The van der Waals surface area contributed by atoms with E-state index in [9.17, 15) is 13.6 Å². The Kier molecular flexibility index (Phi) is 6.89. The van der Waals surface area contributed by atoms with Gasteiger partial charge in [0.1, 0.15) is 0 Å². The first kappa shape index (κ1) is 19.6. The lowest BCUT2D eigenvalue weighted by Crippen LogP contribution is -2.08. The number of hydrogen-bond acceptors (Lipinski definition) is 4. The summed E-state index contributed by atoms with van der Waals surface area (Å²) in [4.78, 5) is 14.5. The third-order valence-electron chi connectivity index (χ3n) is 3.46. The van der Waals surface area contributed by atoms with Crippen LogP contribution in [0, 0.1) is 11.6 Å². The van der Waals surface area contributed by atoms with E-state index < -0.39 is 23.4 Å². The van der Waals surface area contributed by atoms with Crippen molar-refractivity contribution in [2.45, 2.75) is 39.2 Å². The number of aromatic nitrogens is 1. The van der Waals surface area contributed by atoms with Gasteiger partial charge in [0.2, 0.25) is 5.88 Å². The van der Waals surface area contributed by atoms with Crippen molar-refractivity contribution in [3.63, 3.8) is 0 Å². The van der Waals surface area contributed by atoms with Crippen molar-refractivity contribution in [3.05, 3.63) is 42.1 Å². The topological polar surface area (TPSA) is 68.7 Å². The van der Waals surface area contributed by atoms with E-state index in [2.05, 4.69) is 4.98 Å². The third-order valence-corrected chi connectivity index (χ3v) is 3.46. The first-order valence-electron chi connectivity index (χ1n) is 8.34. The summed E-state index contributed by atoms with van der Waals surface area (Å²) in [5.74, 6) is -2.76. The number of aliphatic carboxylic acids is 1. The van der Waals surface area contributed by atoms with Crippen LogP contribution in [0.4, 0.5) is 8.78 Å². The summed E-state index contributed by atoms with van der Waals surface area (Å²) >= 11 is 0. The molecular weight excluding hydrogens is 344 g/mol. The second-order valence-corrected chi connectivity index (χ2v) is 5.99. The van der Waals surface area contributed by atoms with Crippen LogP contribution in [0.25, 0.3) is 11.1 Å². The van der Waals surface area contributed by atoms with Gasteiger partial charge >= 0.3 is 5.97 Å². The number of ether oxygens (including phenoxy) is 2. The highest BCUT2D eigenvalue weighted by molar-refractivity contribution is 5.69. The van der Waals surface area contributed by atoms with Crippen molar-refractivity contribution in [2.24, 2.45) is 0 Å². The van der Waals surface area contributed by atoms with Gasteiger partial charge in [0, 0.05) is 18.2 Å². The number of carboxylic acid groups (broad SMARTS) is 1. The van der Waals surface area contributed by atoms with Crippen LogP contribution in [0.2, 0.25) is 0 Å². The highest BCUT2D eigenvalue weighted by Crippen LogP contribution is 2.33. The maximum absolute atomic E-state index is 14.3. The number of halogens is 2. The van der Waals surface area contributed by atoms with Gasteiger partial charge in [0.05, 0.1) is 12.7 Å². The molecule has 1 aromatic heterocycles. The number of carboxylic acids is 1. The molecular formula is C19H21F2NO4. The molecule has 0 aliphatic rings. The van der Waals surface area contributed by atoms with Crippen molar-refractivity contribution in [1.29, 1.82) is 0 Å². The van der Waals surface area contributed by atoms with Gasteiger partial charge < -0.3 is 14.6 Å². The predicted molar refractivity (Wildman–Crippen MR) is 92.3 cm³/mol. The maximum atomic E-state index is 14.3. The summed E-state index contributed by atoms with van der Waals surface area (Å²) in [5.41, 5.74) is 0.772. The molecule has 0 fully saturated rings. The van der Waals surface area contributed by atoms with Crippen molar-refractivity contribution < 1.29 is 28.2 Å². The fourth-order valence-electron chi connectivity index (χ4n) is 2.33. The van der Waals surface area contributed by atoms with E-state index in [1.807, 2.05) is 13.8 Å². The SMILES string of the molecule is CC(C)Oc1ncccc1-c1cc(F)c(OCCCCC(=O)O)c(F)c1. The number of nitrogens with zero attached hydrogens (tertiary/aromatic N) is 1. The number of carbonyl (C=O) groups is 1. The third kappa shape index (κ3) is 5.40. The van der Waals surface area contributed by atoms with Gasteiger partial charge in [-0.05, 0) is 56.5 Å². The standard InChI is InChI=1S/C19H21F2NO4/c1-12(2)26-19-14(6-5-8-22-19)13-10-15(20)18(16(21)11-13)25-9-4-3-7-17(23)24/h5-6,8,10-12H,3-4,7,9H2,1-2H3,(H,23,24). The Hall–Kier alpha value is -2.70. The lowest BCUT2D eigenvalue weighted by Gasteiger charge is -2.14. The predicted octanol–water partition coefficient (Wildman–Crippen LogP) is 4.45. The van der Waals surface area contributed by atoms with E-state index >= 15 is 0 Å². The highest BCUT2D eigenvalue weighted by Gasteiger charge is 2.17. The zero-order valence-electron chi connectivity index (χ0n) is 14.7. The molecule has 1 heterocycles. The minimum Gasteiger partial charge on any atom is -0.488 e. The van der Waals surface area contributed by atoms with Crippen molar-refractivity contribution in [3.8, 4) is 22.8 Å². The Morgan fingerprint density at radius 3 is 2.54 bits per heavy atom. The van der Waals surface area contributed by atoms with Crippen LogP contribution >= 0.6 is 0 Å². The van der Waals surface area contributed by atoms with Gasteiger partial charge in [-0.25, -0.2) is 13.8 Å². The van der Waals surface area contributed by atoms with Gasteiger partial charge in [0.25, 0.3) is 0 Å². The van der Waals surface area contributed by atoms with Gasteiger partial charge in [-0.1, -0.05) is 0 Å². The normalized spacial score (nSPS) is 10.8. The number of hydrogen-bond donors (Lipinski definition) is 1. The quantitative estimate of drug-likeness (QED) is 0.665. The van der Waals surface area contributed by atoms with Crippen LogP contribution in [0.15, 0.2) is 30.5 Å². The summed E-state index contributed by atoms with van der Waals surface area (Å²) in [6, 6.07) is 5.66. The molecule has 0 aliphatic carbocycles. The molecule has 0 saturated carbocycles. The molecule has 0 unspecified atom stereocenters. The summed E-state index contributed by atoms with van der Waals surface area (Å²) < 4.78 is 39.3. The molecule has 2 aromatic rings. The Balaban J connectivity index is 2.15. The Morgan fingerprint density at radius 1 is 1.23 bits per heavy atom. The van der Waals surface area contributed by atoms with E-state index in [0.717, 1.165) is 0 Å². The van der Waals surface area contributed by atoms with E-state index in [0.29, 0.717) is 29.8 Å². The van der Waals surface area contributed by atoms with Crippen LogP contribution < -0.4 is 9.47 Å². The Bertz CT molecular complexity index is 742. The van der Waals surface area contributed by atoms with Gasteiger partial charge in [-0.15, -0.1) is 0 Å². The fourth-order valence-corrected chi connectivity index (χ4v) is 2.33. The van der Waals surface area contributed by atoms with E-state index in [-0.39, 0.29) is 19.1 Å². The lowest BCUT2D eigenvalue weighted by atomic mass is 10.1. The molecule has 26 heavy (non-hydrogen) atoms. The van der Waals surface area contributed by atoms with Crippen LogP contribution in [0.1, 0.15) is 33.1 Å². The lowest BCUT2D eigenvalue weighted by molar-refractivity contribution is -0.137. The van der Waals surface area contributed by atoms with Gasteiger partial charge in [-0.3, -0.25) is 4.79 Å². The molecule has 1 aromatic carbocycles. The zero-order valence-corrected chi connectivity index (χ0v) is 14.7. The smallest absolute Gasteiger partial charge is 0.303 e. The number of unbranched alkanes of at least 4 members (excludes halogenated alkanes) is 1. The minimum atomic E-state index is -0.914. The summed E-state index contributed by atoms with van der Waals surface area (Å²) in [6.45, 7) is 3.71. The molecule has 1 N–H and O–H groups in total. The van der Waals surface area contributed by atoms with Gasteiger partial charge in [-0.2, -0.15) is 0 Å². The first-order chi connectivity index (χ1) is 12.4. The molecule has 0 aliphatic heterocycles. The molecule has 0 bridgehead atoms. The van der Waals surface area contributed by atoms with Gasteiger partial charge in [0.15, 0.2) is 17.4 Å². The van der Waals surface area contributed by atoms with E-state index in [1.54, 1.807) is 18.3 Å². The Labute approximate surface area is 150 Å². The fraction of sp³-hybridized carbons (Fsp3) is 0.368. The average Bonchev–Trinajstić information content (AvgIpc) is 2.56. The number of benzene rings is 1. The molecule has 0 spiro atoms. The summed E-state index contributed by atoms with van der Waals surface area (Å²) in [6.07, 6.45) is 2.17. The average molecular weight is 365 g/mol. The Morgan fingerprint density at radius 2 is 1.92 bits per heavy atom. The molecule has 2 rings (SSSR count). The first-order valence-corrected chi connectivity index (χ1v) is 8.34. The monoisotopic (exact) mass is 365 g/mol. The van der Waals surface area contributed by atoms with Crippen LogP contribution in [-0.2, 0) is 4.79 Å². The van der Waals surface area contributed by atoms with Crippen molar-refractivity contribution >= 4 is 5.97 Å². The molecule has 5 nitrogen and oxygen atoms in total. The van der Waals surface area contributed by atoms with E-state index in [4.69, 9.17) is 14.6 Å². The molecule has 0 amide bonds. The molecule has 0 saturated heterocycles. The van der Waals surface area contributed by atoms with E-state index in [1.165, 1.54) is 12.1 Å². The largest absolute Gasteiger partial charge is 0.488 e. The second kappa shape index (κ2) is 9.12. The minimum absolute atomic E-state index is 0.00705.